The lowest BCUT2D eigenvalue weighted by atomic mass is 10.1. The second kappa shape index (κ2) is 5.53. The predicted octanol–water partition coefficient (Wildman–Crippen LogP) is 1.81. The third kappa shape index (κ3) is 3.20. The molecule has 0 unspecified atom stereocenters. The van der Waals surface area contributed by atoms with Crippen molar-refractivity contribution < 1.29 is 14.3 Å². The zero-order valence-electron chi connectivity index (χ0n) is 11.6. The van der Waals surface area contributed by atoms with E-state index in [9.17, 15) is 9.59 Å². The second-order valence-corrected chi connectivity index (χ2v) is 5.16. The van der Waals surface area contributed by atoms with Crippen molar-refractivity contribution in [3.05, 3.63) is 35.4 Å². The maximum absolute atomic E-state index is 12.2. The summed E-state index contributed by atoms with van der Waals surface area (Å²) in [7, 11) is 0. The fourth-order valence-electron chi connectivity index (χ4n) is 2.32. The van der Waals surface area contributed by atoms with Crippen LogP contribution in [0.2, 0.25) is 0 Å². The van der Waals surface area contributed by atoms with E-state index in [4.69, 9.17) is 4.74 Å². The summed E-state index contributed by atoms with van der Waals surface area (Å²) >= 11 is 0. The van der Waals surface area contributed by atoms with Crippen LogP contribution in [0, 0.1) is 6.92 Å². The molecular weight excluding hydrogens is 242 g/mol. The number of ketones is 1. The smallest absolute Gasteiger partial charge is 0.295 e. The molecule has 102 valence electrons. The number of nitrogens with zero attached hydrogens (tertiary/aromatic N) is 1. The standard InChI is InChI=1S/C15H19NO3/c1-10-4-6-13(7-5-10)14(17)15(18)16-8-11(2)19-12(3)9-16/h4-7,11-12H,8-9H2,1-3H3/t11-,12+. The van der Waals surface area contributed by atoms with Gasteiger partial charge in [0.15, 0.2) is 0 Å². The summed E-state index contributed by atoms with van der Waals surface area (Å²) in [5.74, 6) is -0.882. The summed E-state index contributed by atoms with van der Waals surface area (Å²) in [5.41, 5.74) is 1.51. The number of amides is 1. The lowest BCUT2D eigenvalue weighted by Crippen LogP contribution is -2.50. The molecule has 0 spiro atoms. The van der Waals surface area contributed by atoms with Crippen LogP contribution in [0.4, 0.5) is 0 Å². The van der Waals surface area contributed by atoms with Crippen molar-refractivity contribution in [2.24, 2.45) is 0 Å². The summed E-state index contributed by atoms with van der Waals surface area (Å²) in [6, 6.07) is 7.07. The quantitative estimate of drug-likeness (QED) is 0.602. The Kier molecular flexibility index (Phi) is 4.00. The van der Waals surface area contributed by atoms with E-state index in [1.54, 1.807) is 17.0 Å². The van der Waals surface area contributed by atoms with Gasteiger partial charge in [0, 0.05) is 18.7 Å². The zero-order chi connectivity index (χ0) is 14.0. The van der Waals surface area contributed by atoms with E-state index in [1.807, 2.05) is 32.9 Å². The highest BCUT2D eigenvalue weighted by atomic mass is 16.5. The van der Waals surface area contributed by atoms with Gasteiger partial charge < -0.3 is 9.64 Å². The number of carbonyl (C=O) groups excluding carboxylic acids is 2. The molecule has 0 bridgehead atoms. The maximum atomic E-state index is 12.2. The highest BCUT2D eigenvalue weighted by molar-refractivity contribution is 6.42. The Labute approximate surface area is 113 Å². The summed E-state index contributed by atoms with van der Waals surface area (Å²) in [6.45, 7) is 6.71. The van der Waals surface area contributed by atoms with E-state index < -0.39 is 11.7 Å². The lowest BCUT2D eigenvalue weighted by molar-refractivity contribution is -0.138. The van der Waals surface area contributed by atoms with Crippen molar-refractivity contribution in [1.29, 1.82) is 0 Å². The van der Waals surface area contributed by atoms with E-state index in [0.29, 0.717) is 18.7 Å². The number of ether oxygens (including phenoxy) is 1. The molecular formula is C15H19NO3. The number of aryl methyl sites for hydroxylation is 1. The van der Waals surface area contributed by atoms with E-state index in [0.717, 1.165) is 5.56 Å². The summed E-state index contributed by atoms with van der Waals surface area (Å²) in [5, 5.41) is 0. The zero-order valence-corrected chi connectivity index (χ0v) is 11.6. The molecule has 4 heteroatoms. The average Bonchev–Trinajstić information content (AvgIpc) is 2.37. The van der Waals surface area contributed by atoms with Crippen molar-refractivity contribution >= 4 is 11.7 Å². The molecule has 1 fully saturated rings. The first-order valence-corrected chi connectivity index (χ1v) is 6.53. The van der Waals surface area contributed by atoms with Crippen molar-refractivity contribution in [2.45, 2.75) is 33.0 Å². The number of hydrogen-bond donors (Lipinski definition) is 0. The summed E-state index contributed by atoms with van der Waals surface area (Å²) < 4.78 is 5.56. The number of morpholine rings is 1. The van der Waals surface area contributed by atoms with Crippen LogP contribution in [-0.4, -0.2) is 41.9 Å². The van der Waals surface area contributed by atoms with Crippen LogP contribution < -0.4 is 0 Å². The molecule has 1 aromatic rings. The van der Waals surface area contributed by atoms with Crippen LogP contribution in [0.15, 0.2) is 24.3 Å². The Bertz CT molecular complexity index is 471. The topological polar surface area (TPSA) is 46.6 Å². The Balaban J connectivity index is 2.10. The molecule has 4 nitrogen and oxygen atoms in total. The molecule has 1 aromatic carbocycles. The van der Waals surface area contributed by atoms with E-state index in [1.165, 1.54) is 0 Å². The van der Waals surface area contributed by atoms with Gasteiger partial charge in [-0.05, 0) is 20.8 Å². The molecule has 2 atom stereocenters. The molecule has 1 aliphatic rings. The molecule has 1 saturated heterocycles. The molecule has 0 saturated carbocycles. The maximum Gasteiger partial charge on any atom is 0.295 e. The molecule has 1 heterocycles. The van der Waals surface area contributed by atoms with Crippen molar-refractivity contribution in [3.8, 4) is 0 Å². The minimum absolute atomic E-state index is 0.0292. The largest absolute Gasteiger partial charge is 0.372 e. The summed E-state index contributed by atoms with van der Waals surface area (Å²) in [4.78, 5) is 25.9. The van der Waals surface area contributed by atoms with Gasteiger partial charge in [-0.15, -0.1) is 0 Å². The van der Waals surface area contributed by atoms with Crippen LogP contribution in [0.25, 0.3) is 0 Å². The minimum atomic E-state index is -0.443. The van der Waals surface area contributed by atoms with Crippen LogP contribution in [0.5, 0.6) is 0 Å². The highest BCUT2D eigenvalue weighted by Gasteiger charge is 2.30. The number of rotatable bonds is 2. The van der Waals surface area contributed by atoms with E-state index in [-0.39, 0.29) is 12.2 Å². The van der Waals surface area contributed by atoms with Gasteiger partial charge in [0.2, 0.25) is 5.78 Å². The van der Waals surface area contributed by atoms with Gasteiger partial charge in [-0.1, -0.05) is 29.8 Å². The Morgan fingerprint density at radius 3 is 2.16 bits per heavy atom. The molecule has 19 heavy (non-hydrogen) atoms. The molecule has 1 aliphatic heterocycles. The van der Waals surface area contributed by atoms with E-state index >= 15 is 0 Å². The number of benzene rings is 1. The normalized spacial score (nSPS) is 23.2. The molecule has 0 aliphatic carbocycles. The molecule has 0 radical (unpaired) electrons. The highest BCUT2D eigenvalue weighted by Crippen LogP contribution is 2.13. The van der Waals surface area contributed by atoms with Gasteiger partial charge in [0.05, 0.1) is 12.2 Å². The number of carbonyl (C=O) groups is 2. The van der Waals surface area contributed by atoms with Crippen LogP contribution in [0.1, 0.15) is 29.8 Å². The molecule has 2 rings (SSSR count). The van der Waals surface area contributed by atoms with Gasteiger partial charge in [0.1, 0.15) is 0 Å². The van der Waals surface area contributed by atoms with Gasteiger partial charge >= 0.3 is 0 Å². The number of Topliss-reactive ketones (excluding diaryl/α,β-unsaturated/α-hetero) is 1. The molecule has 0 aromatic heterocycles. The van der Waals surface area contributed by atoms with Gasteiger partial charge in [-0.25, -0.2) is 0 Å². The lowest BCUT2D eigenvalue weighted by Gasteiger charge is -2.34. The monoisotopic (exact) mass is 261 g/mol. The van der Waals surface area contributed by atoms with E-state index in [2.05, 4.69) is 0 Å². The Morgan fingerprint density at radius 1 is 1.11 bits per heavy atom. The molecule has 1 amide bonds. The van der Waals surface area contributed by atoms with Crippen LogP contribution in [-0.2, 0) is 9.53 Å². The first kappa shape index (κ1) is 13.7. The van der Waals surface area contributed by atoms with Crippen molar-refractivity contribution in [1.82, 2.24) is 4.90 Å². The average molecular weight is 261 g/mol. The first-order chi connectivity index (χ1) is 8.97. The van der Waals surface area contributed by atoms with Crippen LogP contribution in [0.3, 0.4) is 0 Å². The second-order valence-electron chi connectivity index (χ2n) is 5.16. The third-order valence-corrected chi connectivity index (χ3v) is 3.21. The molecule has 0 N–H and O–H groups in total. The van der Waals surface area contributed by atoms with Gasteiger partial charge in [0.25, 0.3) is 5.91 Å². The SMILES string of the molecule is Cc1ccc(C(=O)C(=O)N2C[C@@H](C)O[C@@H](C)C2)cc1. The Hall–Kier alpha value is -1.68. The fourth-order valence-corrected chi connectivity index (χ4v) is 2.32. The van der Waals surface area contributed by atoms with Gasteiger partial charge in [-0.3, -0.25) is 9.59 Å². The van der Waals surface area contributed by atoms with Crippen molar-refractivity contribution in [2.75, 3.05) is 13.1 Å². The van der Waals surface area contributed by atoms with Crippen LogP contribution >= 0.6 is 0 Å². The Morgan fingerprint density at radius 2 is 1.63 bits per heavy atom. The summed E-state index contributed by atoms with van der Waals surface area (Å²) in [6.07, 6.45) is -0.0583. The third-order valence-electron chi connectivity index (χ3n) is 3.21. The first-order valence-electron chi connectivity index (χ1n) is 6.53. The van der Waals surface area contributed by atoms with Crippen molar-refractivity contribution in [3.63, 3.8) is 0 Å². The fraction of sp³-hybridized carbons (Fsp3) is 0.467. The minimum Gasteiger partial charge on any atom is -0.372 e. The predicted molar refractivity (Wildman–Crippen MR) is 72.1 cm³/mol. The number of hydrogen-bond acceptors (Lipinski definition) is 3. The van der Waals surface area contributed by atoms with Gasteiger partial charge in [-0.2, -0.15) is 0 Å².